The molecule has 3 heterocycles. The number of amides is 1. The second-order valence-electron chi connectivity index (χ2n) is 7.35. The lowest BCUT2D eigenvalue weighted by atomic mass is 10.3. The number of hydrogen-bond donors (Lipinski definition) is 2. The summed E-state index contributed by atoms with van der Waals surface area (Å²) in [5.74, 6) is 1.59. The van der Waals surface area contributed by atoms with Crippen LogP contribution in [-0.4, -0.2) is 46.8 Å². The molecule has 5 rings (SSSR count). The van der Waals surface area contributed by atoms with Gasteiger partial charge >= 0.3 is 0 Å². The van der Waals surface area contributed by atoms with Crippen LogP contribution in [0.4, 0.5) is 0 Å². The van der Waals surface area contributed by atoms with Gasteiger partial charge in [-0.05, 0) is 37.3 Å². The molecule has 1 atom stereocenters. The molecule has 0 saturated heterocycles. The third-order valence-corrected chi connectivity index (χ3v) is 6.16. The van der Waals surface area contributed by atoms with Crippen molar-refractivity contribution in [2.24, 2.45) is 0 Å². The van der Waals surface area contributed by atoms with Crippen molar-refractivity contribution in [1.82, 2.24) is 15.1 Å². The minimum Gasteiger partial charge on any atom is -0.491 e. The second-order valence-corrected chi connectivity index (χ2v) is 8.38. The zero-order chi connectivity index (χ0) is 22.1. The van der Waals surface area contributed by atoms with Crippen LogP contribution in [0.1, 0.15) is 15.4 Å². The molecule has 0 spiro atoms. The molecule has 2 N–H and O–H groups in total. The van der Waals surface area contributed by atoms with Gasteiger partial charge in [0.15, 0.2) is 11.5 Å². The molecular formula is C23H21N3O5S. The third-order valence-electron chi connectivity index (χ3n) is 5.05. The number of aryl methyl sites for hydroxylation is 1. The highest BCUT2D eigenvalue weighted by Crippen LogP contribution is 2.35. The summed E-state index contributed by atoms with van der Waals surface area (Å²) in [7, 11) is 0. The van der Waals surface area contributed by atoms with Crippen molar-refractivity contribution in [2.45, 2.75) is 13.0 Å². The van der Waals surface area contributed by atoms with E-state index < -0.39 is 6.10 Å². The zero-order valence-corrected chi connectivity index (χ0v) is 18.1. The van der Waals surface area contributed by atoms with Gasteiger partial charge in [0.1, 0.15) is 23.3 Å². The smallest absolute Gasteiger partial charge is 0.261 e. The first-order valence-electron chi connectivity index (χ1n) is 10.1. The van der Waals surface area contributed by atoms with Crippen LogP contribution >= 0.6 is 11.3 Å². The number of aromatic nitrogens is 2. The van der Waals surface area contributed by atoms with Crippen molar-refractivity contribution in [3.05, 3.63) is 65.2 Å². The summed E-state index contributed by atoms with van der Waals surface area (Å²) in [6.45, 7) is 2.22. The number of carbonyl (C=O) groups excluding carboxylic acids is 1. The molecule has 8 nitrogen and oxygen atoms in total. The summed E-state index contributed by atoms with van der Waals surface area (Å²) in [5.41, 5.74) is 1.80. The van der Waals surface area contributed by atoms with E-state index in [1.54, 1.807) is 18.2 Å². The number of carbonyl (C=O) groups is 1. The highest BCUT2D eigenvalue weighted by atomic mass is 32.1. The summed E-state index contributed by atoms with van der Waals surface area (Å²) < 4.78 is 18.0. The van der Waals surface area contributed by atoms with E-state index in [0.29, 0.717) is 22.1 Å². The average molecular weight is 452 g/mol. The number of thiophene rings is 1. The minimum absolute atomic E-state index is 0.0361. The number of ether oxygens (including phenoxy) is 3. The van der Waals surface area contributed by atoms with Crippen LogP contribution in [0.15, 0.2) is 54.6 Å². The van der Waals surface area contributed by atoms with Crippen molar-refractivity contribution in [3.63, 3.8) is 0 Å². The van der Waals surface area contributed by atoms with E-state index in [1.807, 2.05) is 48.0 Å². The van der Waals surface area contributed by atoms with Gasteiger partial charge in [0.25, 0.3) is 5.91 Å². The van der Waals surface area contributed by atoms with Crippen LogP contribution in [0, 0.1) is 6.92 Å². The summed E-state index contributed by atoms with van der Waals surface area (Å²) in [5, 5.41) is 18.5. The van der Waals surface area contributed by atoms with Gasteiger partial charge in [-0.1, -0.05) is 18.2 Å². The molecule has 0 bridgehead atoms. The first-order valence-corrected chi connectivity index (χ1v) is 10.9. The number of aliphatic hydroxyl groups is 1. The van der Waals surface area contributed by atoms with Gasteiger partial charge in [-0.2, -0.15) is 5.10 Å². The van der Waals surface area contributed by atoms with Gasteiger partial charge in [0, 0.05) is 18.0 Å². The maximum atomic E-state index is 12.7. The number of nitrogens with zero attached hydrogens (tertiary/aromatic N) is 2. The normalized spacial score (nSPS) is 13.3. The van der Waals surface area contributed by atoms with Crippen LogP contribution in [0.25, 0.3) is 15.9 Å². The van der Waals surface area contributed by atoms with Crippen molar-refractivity contribution >= 4 is 27.5 Å². The highest BCUT2D eigenvalue weighted by molar-refractivity contribution is 7.20. The quantitative estimate of drug-likeness (QED) is 0.448. The Bertz CT molecular complexity index is 1270. The molecular weight excluding hydrogens is 430 g/mol. The van der Waals surface area contributed by atoms with Crippen LogP contribution in [0.3, 0.4) is 0 Å². The largest absolute Gasteiger partial charge is 0.491 e. The van der Waals surface area contributed by atoms with Gasteiger partial charge in [-0.3, -0.25) is 4.79 Å². The Morgan fingerprint density at radius 2 is 2.03 bits per heavy atom. The lowest BCUT2D eigenvalue weighted by Crippen LogP contribution is -2.35. The van der Waals surface area contributed by atoms with Crippen LogP contribution in [-0.2, 0) is 0 Å². The predicted octanol–water partition coefficient (Wildman–Crippen LogP) is 3.29. The Balaban J connectivity index is 1.20. The minimum atomic E-state index is -0.861. The molecule has 164 valence electrons. The maximum absolute atomic E-state index is 12.7. The zero-order valence-electron chi connectivity index (χ0n) is 17.3. The van der Waals surface area contributed by atoms with E-state index >= 15 is 0 Å². The number of fused-ring (bicyclic) bond motifs is 2. The molecule has 0 saturated carbocycles. The molecule has 1 aliphatic rings. The third kappa shape index (κ3) is 4.00. The number of hydrogen-bond acceptors (Lipinski definition) is 7. The first kappa shape index (κ1) is 20.3. The average Bonchev–Trinajstić information content (AvgIpc) is 3.53. The first-order chi connectivity index (χ1) is 15.6. The van der Waals surface area contributed by atoms with E-state index in [2.05, 4.69) is 10.4 Å². The molecule has 2 aromatic carbocycles. The molecule has 0 radical (unpaired) electrons. The van der Waals surface area contributed by atoms with Gasteiger partial charge in [-0.25, -0.2) is 4.68 Å². The molecule has 0 aliphatic carbocycles. The van der Waals surface area contributed by atoms with Gasteiger partial charge < -0.3 is 24.6 Å². The Hall–Kier alpha value is -3.56. The number of aliphatic hydroxyl groups excluding tert-OH is 1. The Kier molecular flexibility index (Phi) is 5.42. The molecule has 1 unspecified atom stereocenters. The summed E-state index contributed by atoms with van der Waals surface area (Å²) >= 11 is 1.37. The number of rotatable bonds is 7. The SMILES string of the molecule is Cc1nn(-c2ccccc2)c2sc(C(=O)NCC(O)COc3ccc4c(c3)OCO4)cc12. The molecule has 4 aromatic rings. The fourth-order valence-electron chi connectivity index (χ4n) is 3.42. The summed E-state index contributed by atoms with van der Waals surface area (Å²) in [6.07, 6.45) is -0.861. The number of nitrogens with one attached hydrogen (secondary N) is 1. The highest BCUT2D eigenvalue weighted by Gasteiger charge is 2.18. The van der Waals surface area contributed by atoms with Gasteiger partial charge in [0.2, 0.25) is 6.79 Å². The molecule has 1 amide bonds. The monoisotopic (exact) mass is 451 g/mol. The fourth-order valence-corrected chi connectivity index (χ4v) is 4.52. The Labute approximate surface area is 188 Å². The number of benzene rings is 2. The van der Waals surface area contributed by atoms with E-state index in [-0.39, 0.29) is 25.9 Å². The van der Waals surface area contributed by atoms with Crippen LogP contribution in [0.5, 0.6) is 17.2 Å². The van der Waals surface area contributed by atoms with Gasteiger partial charge in [0.05, 0.1) is 16.3 Å². The molecule has 0 fully saturated rings. The van der Waals surface area contributed by atoms with Crippen molar-refractivity contribution in [3.8, 4) is 22.9 Å². The summed E-state index contributed by atoms with van der Waals surface area (Å²) in [4.78, 5) is 14.1. The van der Waals surface area contributed by atoms with Crippen molar-refractivity contribution in [2.75, 3.05) is 19.9 Å². The summed E-state index contributed by atoms with van der Waals surface area (Å²) in [6, 6.07) is 16.9. The van der Waals surface area contributed by atoms with E-state index in [9.17, 15) is 9.90 Å². The Morgan fingerprint density at radius 3 is 2.88 bits per heavy atom. The van der Waals surface area contributed by atoms with E-state index in [1.165, 1.54) is 11.3 Å². The van der Waals surface area contributed by atoms with Crippen molar-refractivity contribution < 1.29 is 24.1 Å². The van der Waals surface area contributed by atoms with Crippen LogP contribution in [0.2, 0.25) is 0 Å². The number of para-hydroxylation sites is 1. The lowest BCUT2D eigenvalue weighted by molar-refractivity contribution is 0.0846. The standard InChI is InChI=1S/C23H21N3O5S/c1-14-18-10-21(32-23(18)26(25-14)15-5-3-2-4-6-15)22(28)24-11-16(27)12-29-17-7-8-19-20(9-17)31-13-30-19/h2-10,16,27H,11-13H2,1H3,(H,24,28). The van der Waals surface area contributed by atoms with Crippen LogP contribution < -0.4 is 19.5 Å². The second kappa shape index (κ2) is 8.52. The van der Waals surface area contributed by atoms with Crippen molar-refractivity contribution in [1.29, 1.82) is 0 Å². The Morgan fingerprint density at radius 1 is 1.22 bits per heavy atom. The van der Waals surface area contributed by atoms with E-state index in [4.69, 9.17) is 14.2 Å². The lowest BCUT2D eigenvalue weighted by Gasteiger charge is -2.13. The maximum Gasteiger partial charge on any atom is 0.261 e. The molecule has 9 heteroatoms. The fraction of sp³-hybridized carbons (Fsp3) is 0.217. The van der Waals surface area contributed by atoms with E-state index in [0.717, 1.165) is 21.6 Å². The van der Waals surface area contributed by atoms with Gasteiger partial charge in [-0.15, -0.1) is 11.3 Å². The topological polar surface area (TPSA) is 94.8 Å². The molecule has 32 heavy (non-hydrogen) atoms. The molecule has 2 aromatic heterocycles. The predicted molar refractivity (Wildman–Crippen MR) is 120 cm³/mol. The molecule has 1 aliphatic heterocycles.